The van der Waals surface area contributed by atoms with E-state index < -0.39 is 0 Å². The monoisotopic (exact) mass is 219 g/mol. The number of ether oxygens (including phenoxy) is 1. The highest BCUT2D eigenvalue weighted by atomic mass is 16.6. The average molecular weight is 219 g/mol. The minimum atomic E-state index is -0.191. The van der Waals surface area contributed by atoms with Gasteiger partial charge < -0.3 is 4.74 Å². The predicted molar refractivity (Wildman–Crippen MR) is 62.0 cm³/mol. The quantitative estimate of drug-likeness (QED) is 0.731. The van der Waals surface area contributed by atoms with Crippen molar-refractivity contribution >= 4 is 6.09 Å². The van der Waals surface area contributed by atoms with Crippen molar-refractivity contribution in [1.29, 1.82) is 0 Å². The zero-order valence-electron chi connectivity index (χ0n) is 9.72. The Morgan fingerprint density at radius 2 is 2.06 bits per heavy atom. The summed E-state index contributed by atoms with van der Waals surface area (Å²) < 4.78 is 5.24. The van der Waals surface area contributed by atoms with Crippen LogP contribution in [0.2, 0.25) is 0 Å². The number of hydrogen-bond donors (Lipinski definition) is 0. The molecule has 16 heavy (non-hydrogen) atoms. The lowest BCUT2D eigenvalue weighted by Gasteiger charge is -2.06. The van der Waals surface area contributed by atoms with E-state index in [4.69, 9.17) is 4.74 Å². The van der Waals surface area contributed by atoms with Crippen molar-refractivity contribution in [1.82, 2.24) is 4.90 Å². The molecule has 0 radical (unpaired) electrons. The molecule has 86 valence electrons. The second-order valence-electron chi connectivity index (χ2n) is 4.16. The lowest BCUT2D eigenvalue weighted by molar-refractivity contribution is 0.120. The van der Waals surface area contributed by atoms with Gasteiger partial charge in [0.05, 0.1) is 12.1 Å². The van der Waals surface area contributed by atoms with Gasteiger partial charge in [-0.1, -0.05) is 37.3 Å². The molecule has 0 aromatic heterocycles. The molecule has 0 spiro atoms. The molecule has 2 atom stereocenters. The van der Waals surface area contributed by atoms with Gasteiger partial charge >= 0.3 is 6.09 Å². The highest BCUT2D eigenvalue weighted by Gasteiger charge is 2.47. The summed E-state index contributed by atoms with van der Waals surface area (Å²) in [7, 11) is 0. The molecule has 1 saturated heterocycles. The molecule has 2 rings (SSSR count). The van der Waals surface area contributed by atoms with Gasteiger partial charge in [-0.05, 0) is 18.9 Å². The van der Waals surface area contributed by atoms with Gasteiger partial charge in [0.1, 0.15) is 6.61 Å². The van der Waals surface area contributed by atoms with E-state index in [1.807, 2.05) is 30.3 Å². The van der Waals surface area contributed by atoms with E-state index in [1.54, 1.807) is 4.90 Å². The van der Waals surface area contributed by atoms with Crippen LogP contribution in [0.15, 0.2) is 30.3 Å². The zero-order valence-corrected chi connectivity index (χ0v) is 9.72. The molecule has 3 nitrogen and oxygen atoms in total. The summed E-state index contributed by atoms with van der Waals surface area (Å²) in [5.41, 5.74) is 1.03. The summed E-state index contributed by atoms with van der Waals surface area (Å²) in [6, 6.07) is 10.5. The molecular weight excluding hydrogens is 202 g/mol. The predicted octanol–water partition coefficient (Wildman–Crippen LogP) is 2.81. The van der Waals surface area contributed by atoms with E-state index in [0.717, 1.165) is 12.0 Å². The minimum Gasteiger partial charge on any atom is -0.445 e. The van der Waals surface area contributed by atoms with Crippen molar-refractivity contribution in [3.63, 3.8) is 0 Å². The number of benzene rings is 1. The molecule has 1 aliphatic rings. The summed E-state index contributed by atoms with van der Waals surface area (Å²) in [5.74, 6) is 0. The molecule has 0 saturated carbocycles. The zero-order chi connectivity index (χ0) is 11.5. The van der Waals surface area contributed by atoms with Crippen molar-refractivity contribution in [3.05, 3.63) is 35.9 Å². The first-order valence-corrected chi connectivity index (χ1v) is 5.73. The molecule has 0 unspecified atom stereocenters. The molecule has 1 aliphatic heterocycles. The van der Waals surface area contributed by atoms with Crippen LogP contribution in [0.1, 0.15) is 25.8 Å². The van der Waals surface area contributed by atoms with Gasteiger partial charge in [-0.25, -0.2) is 4.79 Å². The molecule has 1 amide bonds. The third-order valence-corrected chi connectivity index (χ3v) is 3.10. The van der Waals surface area contributed by atoms with Gasteiger partial charge in [0, 0.05) is 0 Å². The summed E-state index contributed by atoms with van der Waals surface area (Å²) in [6.45, 7) is 4.50. The first-order valence-electron chi connectivity index (χ1n) is 5.73. The topological polar surface area (TPSA) is 29.3 Å². The van der Waals surface area contributed by atoms with Gasteiger partial charge in [0.2, 0.25) is 0 Å². The molecule has 0 aliphatic carbocycles. The fraction of sp³-hybridized carbons (Fsp3) is 0.462. The SMILES string of the molecule is CC[C@@H]1[C@@H](C)N1C(=O)OCc1ccccc1. The Labute approximate surface area is 96.0 Å². The molecule has 1 aromatic rings. The summed E-state index contributed by atoms with van der Waals surface area (Å²) >= 11 is 0. The Balaban J connectivity index is 1.81. The summed E-state index contributed by atoms with van der Waals surface area (Å²) in [6.07, 6.45) is 0.810. The maximum atomic E-state index is 11.7. The van der Waals surface area contributed by atoms with Crippen molar-refractivity contribution in [2.45, 2.75) is 39.0 Å². The normalized spacial score (nSPS) is 23.0. The smallest absolute Gasteiger partial charge is 0.410 e. The fourth-order valence-corrected chi connectivity index (χ4v) is 2.05. The minimum absolute atomic E-state index is 0.191. The standard InChI is InChI=1S/C13H17NO2/c1-3-12-10(2)14(12)13(15)16-9-11-7-5-4-6-8-11/h4-8,10,12H,3,9H2,1-2H3/t10-,12-,14?/m1/s1. The third kappa shape index (κ3) is 2.18. The van der Waals surface area contributed by atoms with Crippen LogP contribution in [-0.4, -0.2) is 23.1 Å². The lowest BCUT2D eigenvalue weighted by Crippen LogP contribution is -2.15. The third-order valence-electron chi connectivity index (χ3n) is 3.10. The van der Waals surface area contributed by atoms with Gasteiger partial charge in [-0.15, -0.1) is 0 Å². The van der Waals surface area contributed by atoms with E-state index in [1.165, 1.54) is 0 Å². The summed E-state index contributed by atoms with van der Waals surface area (Å²) in [4.78, 5) is 13.5. The number of nitrogens with zero attached hydrogens (tertiary/aromatic N) is 1. The van der Waals surface area contributed by atoms with Crippen molar-refractivity contribution < 1.29 is 9.53 Å². The van der Waals surface area contributed by atoms with Crippen LogP contribution in [0, 0.1) is 0 Å². The molecule has 0 bridgehead atoms. The number of carbonyl (C=O) groups is 1. The van der Waals surface area contributed by atoms with Crippen LogP contribution >= 0.6 is 0 Å². The highest BCUT2D eigenvalue weighted by Crippen LogP contribution is 2.31. The molecule has 1 heterocycles. The van der Waals surface area contributed by atoms with Crippen LogP contribution in [0.3, 0.4) is 0 Å². The maximum Gasteiger partial charge on any atom is 0.410 e. The van der Waals surface area contributed by atoms with E-state index in [9.17, 15) is 4.79 Å². The van der Waals surface area contributed by atoms with E-state index in [0.29, 0.717) is 18.7 Å². The maximum absolute atomic E-state index is 11.7. The van der Waals surface area contributed by atoms with Crippen LogP contribution in [0.25, 0.3) is 0 Å². The van der Waals surface area contributed by atoms with Gasteiger partial charge in [0.25, 0.3) is 0 Å². The number of carbonyl (C=O) groups excluding carboxylic acids is 1. The Kier molecular flexibility index (Phi) is 3.13. The van der Waals surface area contributed by atoms with Crippen molar-refractivity contribution in [2.75, 3.05) is 0 Å². The van der Waals surface area contributed by atoms with Crippen molar-refractivity contribution in [2.24, 2.45) is 0 Å². The van der Waals surface area contributed by atoms with Crippen molar-refractivity contribution in [3.8, 4) is 0 Å². The van der Waals surface area contributed by atoms with E-state index >= 15 is 0 Å². The lowest BCUT2D eigenvalue weighted by atomic mass is 10.2. The first kappa shape index (κ1) is 11.0. The van der Waals surface area contributed by atoms with Crippen LogP contribution in [0.5, 0.6) is 0 Å². The van der Waals surface area contributed by atoms with Crippen LogP contribution < -0.4 is 0 Å². The molecule has 1 fully saturated rings. The first-order chi connectivity index (χ1) is 7.74. The largest absolute Gasteiger partial charge is 0.445 e. The average Bonchev–Trinajstić information content (AvgIpc) is 2.98. The number of rotatable bonds is 3. The molecule has 1 aromatic carbocycles. The van der Waals surface area contributed by atoms with E-state index in [-0.39, 0.29) is 6.09 Å². The Bertz CT molecular complexity index is 363. The van der Waals surface area contributed by atoms with Gasteiger partial charge in [0.15, 0.2) is 0 Å². The number of amides is 1. The van der Waals surface area contributed by atoms with E-state index in [2.05, 4.69) is 13.8 Å². The number of hydrogen-bond acceptors (Lipinski definition) is 2. The molecule has 3 heteroatoms. The Morgan fingerprint density at radius 3 is 2.62 bits per heavy atom. The Hall–Kier alpha value is -1.51. The molecular formula is C13H17NO2. The highest BCUT2D eigenvalue weighted by molar-refractivity contribution is 5.71. The Morgan fingerprint density at radius 1 is 1.38 bits per heavy atom. The molecule has 0 N–H and O–H groups in total. The fourth-order valence-electron chi connectivity index (χ4n) is 2.05. The second kappa shape index (κ2) is 4.56. The summed E-state index contributed by atoms with van der Waals surface area (Å²) in [5, 5.41) is 0. The van der Waals surface area contributed by atoms with Crippen LogP contribution in [0.4, 0.5) is 4.79 Å². The van der Waals surface area contributed by atoms with Gasteiger partial charge in [-0.3, -0.25) is 4.90 Å². The van der Waals surface area contributed by atoms with Crippen LogP contribution in [-0.2, 0) is 11.3 Å². The second-order valence-corrected chi connectivity index (χ2v) is 4.16. The van der Waals surface area contributed by atoms with Gasteiger partial charge in [-0.2, -0.15) is 0 Å².